The second kappa shape index (κ2) is 7.17. The maximum absolute atomic E-state index is 11.9. The second-order valence-electron chi connectivity index (χ2n) is 6.94. The van der Waals surface area contributed by atoms with E-state index in [-0.39, 0.29) is 6.04 Å². The van der Waals surface area contributed by atoms with Gasteiger partial charge in [-0.2, -0.15) is 0 Å². The molecular weight excluding hydrogens is 344 g/mol. The Kier molecular flexibility index (Phi) is 4.74. The van der Waals surface area contributed by atoms with Crippen molar-refractivity contribution < 1.29 is 9.90 Å². The quantitative estimate of drug-likeness (QED) is 0.731. The fourth-order valence-electron chi connectivity index (χ4n) is 3.89. The zero-order chi connectivity index (χ0) is 18.1. The highest BCUT2D eigenvalue weighted by atomic mass is 32.1. The Bertz CT molecular complexity index is 919. The van der Waals surface area contributed by atoms with Crippen LogP contribution in [-0.4, -0.2) is 33.5 Å². The van der Waals surface area contributed by atoms with Crippen LogP contribution in [0.2, 0.25) is 0 Å². The molecule has 134 valence electrons. The average molecular weight is 366 g/mol. The highest BCUT2D eigenvalue weighted by Gasteiger charge is 2.36. The number of rotatable bonds is 4. The van der Waals surface area contributed by atoms with Gasteiger partial charge in [0.25, 0.3) is 0 Å². The number of carboxylic acid groups (broad SMARTS) is 1. The number of carboxylic acids is 1. The molecule has 0 saturated carbocycles. The molecule has 3 heterocycles. The van der Waals surface area contributed by atoms with E-state index in [0.29, 0.717) is 6.42 Å². The van der Waals surface area contributed by atoms with Crippen LogP contribution in [0.3, 0.4) is 0 Å². The van der Waals surface area contributed by atoms with Gasteiger partial charge in [0, 0.05) is 10.9 Å². The first kappa shape index (κ1) is 17.2. The summed E-state index contributed by atoms with van der Waals surface area (Å²) in [5, 5.41) is 13.2. The minimum Gasteiger partial charge on any atom is -0.480 e. The number of thiophene rings is 1. The first-order valence-electron chi connectivity index (χ1n) is 9.02. The van der Waals surface area contributed by atoms with Crippen molar-refractivity contribution in [1.29, 1.82) is 0 Å². The molecule has 0 amide bonds. The lowest BCUT2D eigenvalue weighted by Crippen LogP contribution is -2.47. The first-order valence-corrected chi connectivity index (χ1v) is 9.90. The van der Waals surface area contributed by atoms with Crippen LogP contribution in [-0.2, 0) is 4.79 Å². The third-order valence-electron chi connectivity index (χ3n) is 5.18. The molecular formula is C21H22N2O2S. The molecule has 1 N–H and O–H groups in total. The van der Waals surface area contributed by atoms with Gasteiger partial charge >= 0.3 is 5.97 Å². The lowest BCUT2D eigenvalue weighted by atomic mass is 9.93. The fraction of sp³-hybridized carbons (Fsp3) is 0.333. The van der Waals surface area contributed by atoms with Crippen LogP contribution in [0.4, 0.5) is 0 Å². The number of aliphatic carboxylic acids is 1. The first-order chi connectivity index (χ1) is 12.6. The van der Waals surface area contributed by atoms with E-state index in [0.717, 1.165) is 36.2 Å². The Morgan fingerprint density at radius 1 is 1.27 bits per heavy atom. The van der Waals surface area contributed by atoms with Crippen LogP contribution >= 0.6 is 11.3 Å². The minimum atomic E-state index is -0.735. The largest absolute Gasteiger partial charge is 0.480 e. The van der Waals surface area contributed by atoms with Crippen molar-refractivity contribution in [1.82, 2.24) is 9.88 Å². The lowest BCUT2D eigenvalue weighted by molar-refractivity contribution is -0.145. The van der Waals surface area contributed by atoms with E-state index in [2.05, 4.69) is 33.5 Å². The summed E-state index contributed by atoms with van der Waals surface area (Å²) in [4.78, 5) is 18.7. The number of nitrogens with zero attached hydrogens (tertiary/aromatic N) is 2. The molecule has 1 fully saturated rings. The van der Waals surface area contributed by atoms with Crippen LogP contribution in [0.1, 0.15) is 42.1 Å². The molecule has 1 saturated heterocycles. The maximum atomic E-state index is 11.9. The number of hydrogen-bond donors (Lipinski definition) is 1. The van der Waals surface area contributed by atoms with Crippen LogP contribution in [0.25, 0.3) is 10.1 Å². The summed E-state index contributed by atoms with van der Waals surface area (Å²) < 4.78 is 1.23. The molecule has 0 spiro atoms. The molecule has 0 bridgehead atoms. The van der Waals surface area contributed by atoms with Crippen molar-refractivity contribution in [3.8, 4) is 0 Å². The number of fused-ring (bicyclic) bond motifs is 1. The van der Waals surface area contributed by atoms with Crippen LogP contribution in [0.5, 0.6) is 0 Å². The smallest absolute Gasteiger partial charge is 0.320 e. The summed E-state index contributed by atoms with van der Waals surface area (Å²) in [6.07, 6.45) is 4.55. The maximum Gasteiger partial charge on any atom is 0.320 e. The number of carbonyl (C=O) groups is 1. The molecule has 2 unspecified atom stereocenters. The molecule has 2 aromatic heterocycles. The summed E-state index contributed by atoms with van der Waals surface area (Å²) in [7, 11) is 0. The van der Waals surface area contributed by atoms with Crippen LogP contribution in [0.15, 0.2) is 48.0 Å². The van der Waals surface area contributed by atoms with E-state index in [1.165, 1.54) is 10.1 Å². The summed E-state index contributed by atoms with van der Waals surface area (Å²) in [5.74, 6) is -0.735. The topological polar surface area (TPSA) is 53.4 Å². The predicted octanol–water partition coefficient (Wildman–Crippen LogP) is 4.63. The number of aromatic nitrogens is 1. The third-order valence-corrected chi connectivity index (χ3v) is 6.16. The molecule has 3 aromatic rings. The number of aryl methyl sites for hydroxylation is 1. The van der Waals surface area contributed by atoms with Crippen molar-refractivity contribution in [3.05, 3.63) is 64.8 Å². The normalized spacial score (nSPS) is 19.5. The zero-order valence-corrected chi connectivity index (χ0v) is 15.6. The number of pyridine rings is 1. The molecule has 2 atom stereocenters. The molecule has 5 heteroatoms. The number of hydrogen-bond acceptors (Lipinski definition) is 4. The Morgan fingerprint density at radius 3 is 2.88 bits per heavy atom. The van der Waals surface area contributed by atoms with E-state index in [9.17, 15) is 9.90 Å². The molecule has 26 heavy (non-hydrogen) atoms. The van der Waals surface area contributed by atoms with Crippen molar-refractivity contribution in [3.63, 3.8) is 0 Å². The Balaban J connectivity index is 1.86. The highest BCUT2D eigenvalue weighted by molar-refractivity contribution is 7.17. The molecule has 1 aromatic carbocycles. The average Bonchev–Trinajstić information content (AvgIpc) is 3.08. The van der Waals surface area contributed by atoms with Crippen molar-refractivity contribution >= 4 is 27.4 Å². The zero-order valence-electron chi connectivity index (χ0n) is 14.8. The van der Waals surface area contributed by atoms with Gasteiger partial charge in [0.1, 0.15) is 6.04 Å². The monoisotopic (exact) mass is 366 g/mol. The molecule has 1 aliphatic rings. The molecule has 4 rings (SSSR count). The fourth-order valence-corrected chi connectivity index (χ4v) is 4.87. The van der Waals surface area contributed by atoms with Gasteiger partial charge in [-0.05, 0) is 60.3 Å². The summed E-state index contributed by atoms with van der Waals surface area (Å²) >= 11 is 1.71. The lowest BCUT2D eigenvalue weighted by Gasteiger charge is -2.39. The SMILES string of the molecule is Cc1ccc(C(c2csc3ccccc23)N2CCCCC2C(=O)O)nc1. The number of likely N-dealkylation sites (tertiary alicyclic amines) is 1. The highest BCUT2D eigenvalue weighted by Crippen LogP contribution is 2.39. The van der Waals surface area contributed by atoms with Gasteiger partial charge in [-0.3, -0.25) is 14.7 Å². The van der Waals surface area contributed by atoms with Gasteiger partial charge in [0.2, 0.25) is 0 Å². The van der Waals surface area contributed by atoms with Gasteiger partial charge in [-0.15, -0.1) is 11.3 Å². The summed E-state index contributed by atoms with van der Waals surface area (Å²) in [6.45, 7) is 2.80. The van der Waals surface area contributed by atoms with Gasteiger partial charge in [-0.25, -0.2) is 0 Å². The van der Waals surface area contributed by atoms with E-state index in [1.807, 2.05) is 31.3 Å². The Hall–Kier alpha value is -2.24. The molecule has 0 aliphatic carbocycles. The van der Waals surface area contributed by atoms with E-state index < -0.39 is 12.0 Å². The van der Waals surface area contributed by atoms with Gasteiger partial charge in [-0.1, -0.05) is 30.7 Å². The molecule has 1 aliphatic heterocycles. The van der Waals surface area contributed by atoms with Crippen LogP contribution in [0, 0.1) is 6.92 Å². The van der Waals surface area contributed by atoms with Crippen LogP contribution < -0.4 is 0 Å². The van der Waals surface area contributed by atoms with Crippen molar-refractivity contribution in [2.45, 2.75) is 38.3 Å². The summed E-state index contributed by atoms with van der Waals surface area (Å²) in [5.41, 5.74) is 3.19. The Labute approximate surface area is 157 Å². The second-order valence-corrected chi connectivity index (χ2v) is 7.85. The predicted molar refractivity (Wildman–Crippen MR) is 105 cm³/mol. The number of benzene rings is 1. The van der Waals surface area contributed by atoms with Gasteiger partial charge in [0.15, 0.2) is 0 Å². The molecule has 4 nitrogen and oxygen atoms in total. The van der Waals surface area contributed by atoms with E-state index in [1.54, 1.807) is 11.3 Å². The Morgan fingerprint density at radius 2 is 2.12 bits per heavy atom. The van der Waals surface area contributed by atoms with Crippen molar-refractivity contribution in [2.75, 3.05) is 6.54 Å². The summed E-state index contributed by atoms with van der Waals surface area (Å²) in [6, 6.07) is 11.8. The van der Waals surface area contributed by atoms with Crippen molar-refractivity contribution in [2.24, 2.45) is 0 Å². The molecule has 0 radical (unpaired) electrons. The number of piperidine rings is 1. The van der Waals surface area contributed by atoms with Gasteiger partial charge < -0.3 is 5.11 Å². The van der Waals surface area contributed by atoms with E-state index >= 15 is 0 Å². The standard InChI is InChI=1S/C21H22N2O2S/c1-14-9-10-17(22-12-14)20(23-11-5-4-7-18(23)21(24)25)16-13-26-19-8-3-2-6-15(16)19/h2-3,6,8-10,12-13,18,20H,4-5,7,11H2,1H3,(H,24,25). The van der Waals surface area contributed by atoms with Gasteiger partial charge in [0.05, 0.1) is 11.7 Å². The minimum absolute atomic E-state index is 0.131. The third kappa shape index (κ3) is 3.13. The van der Waals surface area contributed by atoms with E-state index in [4.69, 9.17) is 0 Å².